The molecule has 0 saturated carbocycles. The van der Waals surface area contributed by atoms with Crippen molar-refractivity contribution < 1.29 is 19.1 Å². The molecule has 0 spiro atoms. The summed E-state index contributed by atoms with van der Waals surface area (Å²) in [5.74, 6) is 0.495. The number of piperazine rings is 1. The van der Waals surface area contributed by atoms with Crippen molar-refractivity contribution in [2.24, 2.45) is 0 Å². The second kappa shape index (κ2) is 16.1. The standard InChI is InChI=1S/C33H45N3O4S3/c1-7-33(34(5)6,24-25-12-10-9-11-13-25)29(38)26-14-16-27(17-15-26)35-19-21-36(22-20-35)30(39)32(3,4)43-31(41)42-23-18-28(37)40-8-2/h9-17H,7-8,18-24H2,1-6H3. The average molecular weight is 644 g/mol. The van der Waals surface area contributed by atoms with Crippen molar-refractivity contribution in [3.63, 3.8) is 0 Å². The summed E-state index contributed by atoms with van der Waals surface area (Å²) in [6, 6.07) is 18.1. The average Bonchev–Trinajstić information content (AvgIpc) is 2.99. The van der Waals surface area contributed by atoms with E-state index < -0.39 is 10.3 Å². The van der Waals surface area contributed by atoms with Crippen molar-refractivity contribution in [2.45, 2.75) is 57.2 Å². The number of likely N-dealkylation sites (N-methyl/N-ethyl adjacent to an activating group) is 1. The van der Waals surface area contributed by atoms with Gasteiger partial charge in [-0.05, 0) is 77.5 Å². The molecule has 10 heteroatoms. The van der Waals surface area contributed by atoms with Crippen LogP contribution in [0.3, 0.4) is 0 Å². The third-order valence-corrected chi connectivity index (χ3v) is 10.7. The molecule has 7 nitrogen and oxygen atoms in total. The molecule has 234 valence electrons. The molecule has 1 aliphatic rings. The van der Waals surface area contributed by atoms with Gasteiger partial charge in [-0.25, -0.2) is 0 Å². The van der Waals surface area contributed by atoms with E-state index in [2.05, 4.69) is 28.9 Å². The van der Waals surface area contributed by atoms with Crippen molar-refractivity contribution in [3.05, 3.63) is 65.7 Å². The van der Waals surface area contributed by atoms with Gasteiger partial charge in [0.1, 0.15) is 3.53 Å². The van der Waals surface area contributed by atoms with Crippen LogP contribution in [0, 0.1) is 0 Å². The first-order chi connectivity index (χ1) is 20.4. The number of rotatable bonds is 13. The van der Waals surface area contributed by atoms with E-state index in [9.17, 15) is 14.4 Å². The van der Waals surface area contributed by atoms with E-state index in [4.69, 9.17) is 17.0 Å². The summed E-state index contributed by atoms with van der Waals surface area (Å²) in [5.41, 5.74) is 2.28. The number of hydrogen-bond acceptors (Lipinski definition) is 9. The van der Waals surface area contributed by atoms with Gasteiger partial charge >= 0.3 is 5.97 Å². The third-order valence-electron chi connectivity index (χ3n) is 7.95. The predicted octanol–water partition coefficient (Wildman–Crippen LogP) is 5.95. The predicted molar refractivity (Wildman–Crippen MR) is 184 cm³/mol. The van der Waals surface area contributed by atoms with E-state index in [0.29, 0.717) is 66.9 Å². The maximum Gasteiger partial charge on any atom is 0.306 e. The van der Waals surface area contributed by atoms with E-state index in [-0.39, 0.29) is 17.7 Å². The summed E-state index contributed by atoms with van der Waals surface area (Å²) < 4.78 is 4.92. The number of amides is 1. The number of carbonyl (C=O) groups is 3. The first-order valence-electron chi connectivity index (χ1n) is 14.9. The summed E-state index contributed by atoms with van der Waals surface area (Å²) in [4.78, 5) is 45.1. The fraction of sp³-hybridized carbons (Fsp3) is 0.515. The lowest BCUT2D eigenvalue weighted by molar-refractivity contribution is -0.142. The normalized spacial score (nSPS) is 15.2. The molecular formula is C33H45N3O4S3. The Labute approximate surface area is 271 Å². The Morgan fingerprint density at radius 2 is 1.58 bits per heavy atom. The summed E-state index contributed by atoms with van der Waals surface area (Å²) in [5, 5.41) is 0. The molecule has 0 aliphatic carbocycles. The second-order valence-electron chi connectivity index (χ2n) is 11.4. The zero-order valence-electron chi connectivity index (χ0n) is 26.3. The van der Waals surface area contributed by atoms with Crippen LogP contribution in [-0.2, 0) is 20.7 Å². The van der Waals surface area contributed by atoms with Crippen LogP contribution in [-0.4, -0.2) is 93.9 Å². The summed E-state index contributed by atoms with van der Waals surface area (Å²) in [6.45, 7) is 10.7. The minimum absolute atomic E-state index is 0.0597. The molecule has 0 aromatic heterocycles. The lowest BCUT2D eigenvalue weighted by Gasteiger charge is -2.39. The van der Waals surface area contributed by atoms with Crippen LogP contribution in [0.5, 0.6) is 0 Å². The first kappa shape index (κ1) is 35.1. The summed E-state index contributed by atoms with van der Waals surface area (Å²) >= 11 is 8.29. The molecule has 1 saturated heterocycles. The number of hydrogen-bond donors (Lipinski definition) is 0. The molecule has 3 rings (SSSR count). The van der Waals surface area contributed by atoms with Crippen LogP contribution in [0.25, 0.3) is 0 Å². The van der Waals surface area contributed by atoms with Gasteiger partial charge in [-0.2, -0.15) is 0 Å². The number of thioether (sulfide) groups is 2. The maximum atomic E-state index is 13.9. The number of Topliss-reactive ketones (excluding diaryl/α,β-unsaturated/α-hetero) is 1. The van der Waals surface area contributed by atoms with Crippen molar-refractivity contribution in [3.8, 4) is 0 Å². The van der Waals surface area contributed by atoms with Crippen molar-refractivity contribution in [2.75, 3.05) is 57.5 Å². The van der Waals surface area contributed by atoms with Crippen LogP contribution in [0.1, 0.15) is 56.5 Å². The highest BCUT2D eigenvalue weighted by molar-refractivity contribution is 8.47. The fourth-order valence-corrected chi connectivity index (χ4v) is 8.40. The molecule has 0 radical (unpaired) electrons. The van der Waals surface area contributed by atoms with Crippen LogP contribution >= 0.6 is 35.7 Å². The second-order valence-corrected chi connectivity index (χ2v) is 15.3. The number of esters is 1. The van der Waals surface area contributed by atoms with Gasteiger partial charge in [-0.15, -0.1) is 11.8 Å². The molecule has 1 amide bonds. The lowest BCUT2D eigenvalue weighted by Crippen LogP contribution is -2.53. The van der Waals surface area contributed by atoms with E-state index in [0.717, 1.165) is 11.3 Å². The number of thiocarbonyl (C=S) groups is 1. The maximum absolute atomic E-state index is 13.9. The Morgan fingerprint density at radius 1 is 0.953 bits per heavy atom. The van der Waals surface area contributed by atoms with Crippen LogP contribution in [0.4, 0.5) is 5.69 Å². The molecule has 1 unspecified atom stereocenters. The number of ether oxygens (including phenoxy) is 1. The Kier molecular flexibility index (Phi) is 13.1. The minimum atomic E-state index is -0.698. The first-order valence-corrected chi connectivity index (χ1v) is 17.1. The lowest BCUT2D eigenvalue weighted by atomic mass is 9.80. The fourth-order valence-electron chi connectivity index (χ4n) is 5.35. The topological polar surface area (TPSA) is 70.2 Å². The molecule has 2 aromatic rings. The van der Waals surface area contributed by atoms with E-state index in [1.54, 1.807) is 6.92 Å². The Hall–Kier alpha value is -2.40. The number of nitrogens with zero attached hydrogens (tertiary/aromatic N) is 3. The Morgan fingerprint density at radius 3 is 2.14 bits per heavy atom. The quantitative estimate of drug-likeness (QED) is 0.150. The zero-order valence-corrected chi connectivity index (χ0v) is 28.7. The highest BCUT2D eigenvalue weighted by atomic mass is 32.2. The molecule has 1 fully saturated rings. The smallest absolute Gasteiger partial charge is 0.306 e. The van der Waals surface area contributed by atoms with Crippen molar-refractivity contribution in [1.29, 1.82) is 0 Å². The third kappa shape index (κ3) is 9.30. The van der Waals surface area contributed by atoms with Crippen LogP contribution in [0.15, 0.2) is 54.6 Å². The SMILES string of the molecule is CCOC(=O)CCSC(=S)SC(C)(C)C(=O)N1CCN(c2ccc(C(=O)C(CC)(Cc3ccccc3)N(C)C)cc2)CC1. The molecule has 1 aliphatic heterocycles. The van der Waals surface area contributed by atoms with Gasteiger partial charge < -0.3 is 14.5 Å². The molecule has 1 heterocycles. The Bertz CT molecular complexity index is 1250. The summed E-state index contributed by atoms with van der Waals surface area (Å²) in [7, 11) is 3.97. The highest BCUT2D eigenvalue weighted by Crippen LogP contribution is 2.34. The molecule has 2 aromatic carbocycles. The highest BCUT2D eigenvalue weighted by Gasteiger charge is 2.40. The molecule has 0 N–H and O–H groups in total. The largest absolute Gasteiger partial charge is 0.466 e. The van der Waals surface area contributed by atoms with Crippen LogP contribution < -0.4 is 4.90 Å². The Balaban J connectivity index is 1.57. The van der Waals surface area contributed by atoms with E-state index >= 15 is 0 Å². The van der Waals surface area contributed by atoms with E-state index in [1.165, 1.54) is 23.5 Å². The van der Waals surface area contributed by atoms with E-state index in [1.807, 2.05) is 75.3 Å². The number of benzene rings is 2. The van der Waals surface area contributed by atoms with Gasteiger partial charge in [0.25, 0.3) is 0 Å². The number of carbonyl (C=O) groups excluding carboxylic acids is 3. The molecule has 0 bridgehead atoms. The van der Waals surface area contributed by atoms with Gasteiger partial charge in [-0.3, -0.25) is 19.3 Å². The zero-order chi connectivity index (χ0) is 31.6. The van der Waals surface area contributed by atoms with Gasteiger partial charge in [-0.1, -0.05) is 61.2 Å². The van der Waals surface area contributed by atoms with Gasteiger partial charge in [0, 0.05) is 43.2 Å². The van der Waals surface area contributed by atoms with Crippen molar-refractivity contribution in [1.82, 2.24) is 9.80 Å². The molecular weight excluding hydrogens is 599 g/mol. The van der Waals surface area contributed by atoms with Crippen molar-refractivity contribution >= 4 is 62.6 Å². The summed E-state index contributed by atoms with van der Waals surface area (Å²) in [6.07, 6.45) is 1.66. The minimum Gasteiger partial charge on any atom is -0.466 e. The van der Waals surface area contributed by atoms with Crippen LogP contribution in [0.2, 0.25) is 0 Å². The number of anilines is 1. The number of ketones is 1. The van der Waals surface area contributed by atoms with Gasteiger partial charge in [0.05, 0.1) is 23.3 Å². The van der Waals surface area contributed by atoms with Gasteiger partial charge in [0.15, 0.2) is 5.78 Å². The monoisotopic (exact) mass is 643 g/mol. The van der Waals surface area contributed by atoms with Gasteiger partial charge in [0.2, 0.25) is 5.91 Å². The molecule has 43 heavy (non-hydrogen) atoms. The molecule has 1 atom stereocenters.